The molecule has 0 amide bonds. The van der Waals surface area contributed by atoms with Gasteiger partial charge in [0.05, 0.1) is 26.7 Å². The maximum Gasteiger partial charge on any atom is 0.303 e. The summed E-state index contributed by atoms with van der Waals surface area (Å²) in [4.78, 5) is 10.7. The molecule has 0 aromatic heterocycles. The zero-order valence-electron chi connectivity index (χ0n) is 21.9. The fourth-order valence-electron chi connectivity index (χ4n) is 4.75. The van der Waals surface area contributed by atoms with Crippen LogP contribution in [-0.4, -0.2) is 54.0 Å². The average molecular weight is 457 g/mol. The van der Waals surface area contributed by atoms with Crippen LogP contribution in [0, 0.1) is 0 Å². The summed E-state index contributed by atoms with van der Waals surface area (Å²) in [5, 5.41) is 17.9. The number of carboxylic acid groups (broad SMARTS) is 1. The first-order valence-electron chi connectivity index (χ1n) is 14.2. The molecule has 0 aliphatic heterocycles. The third-order valence-electron chi connectivity index (χ3n) is 7.00. The predicted molar refractivity (Wildman–Crippen MR) is 138 cm³/mol. The lowest BCUT2D eigenvalue weighted by molar-refractivity contribution is -0.910. The second-order valence-electron chi connectivity index (χ2n) is 10.4. The fourth-order valence-corrected chi connectivity index (χ4v) is 4.75. The number of carboxylic acids is 1. The minimum atomic E-state index is -0.683. The molecule has 0 fully saturated rings. The average Bonchev–Trinajstić information content (AvgIpc) is 2.76. The third-order valence-corrected chi connectivity index (χ3v) is 7.00. The van der Waals surface area contributed by atoms with Crippen molar-refractivity contribution in [1.29, 1.82) is 0 Å². The second-order valence-corrected chi connectivity index (χ2v) is 10.4. The fraction of sp³-hybridized carbons (Fsp3) is 0.964. The number of nitrogens with zero attached hydrogens (tertiary/aromatic N) is 1. The molecule has 2 N–H and O–H groups in total. The van der Waals surface area contributed by atoms with Crippen molar-refractivity contribution in [2.75, 3.05) is 33.3 Å². The van der Waals surface area contributed by atoms with Crippen LogP contribution in [0.4, 0.5) is 0 Å². The van der Waals surface area contributed by atoms with Crippen LogP contribution in [0.3, 0.4) is 0 Å². The molecule has 0 heterocycles. The Morgan fingerprint density at radius 1 is 0.562 bits per heavy atom. The Morgan fingerprint density at radius 3 is 1.28 bits per heavy atom. The number of hydrogen-bond donors (Lipinski definition) is 2. The number of hydrogen-bond acceptors (Lipinski definition) is 2. The number of unbranched alkanes of at least 4 members (excludes halogenated alkanes) is 17. The highest BCUT2D eigenvalue weighted by molar-refractivity contribution is 5.66. The van der Waals surface area contributed by atoms with Crippen LogP contribution in [0.2, 0.25) is 0 Å². The van der Waals surface area contributed by atoms with E-state index in [9.17, 15) is 4.79 Å². The summed E-state index contributed by atoms with van der Waals surface area (Å²) >= 11 is 0. The second kappa shape index (κ2) is 23.5. The topological polar surface area (TPSA) is 57.5 Å². The van der Waals surface area contributed by atoms with Crippen molar-refractivity contribution in [2.45, 2.75) is 142 Å². The van der Waals surface area contributed by atoms with Crippen molar-refractivity contribution >= 4 is 5.97 Å². The van der Waals surface area contributed by atoms with Gasteiger partial charge in [-0.05, 0) is 38.5 Å². The first kappa shape index (κ1) is 31.4. The lowest BCUT2D eigenvalue weighted by Crippen LogP contribution is -2.46. The van der Waals surface area contributed by atoms with Gasteiger partial charge in [-0.15, -0.1) is 0 Å². The molecule has 0 saturated heterocycles. The van der Waals surface area contributed by atoms with E-state index in [1.54, 1.807) is 0 Å². The minimum absolute atomic E-state index is 0.276. The first-order chi connectivity index (χ1) is 15.5. The van der Waals surface area contributed by atoms with Crippen LogP contribution in [0.15, 0.2) is 0 Å². The van der Waals surface area contributed by atoms with Crippen LogP contribution in [0.5, 0.6) is 0 Å². The molecule has 0 aromatic carbocycles. The summed E-state index contributed by atoms with van der Waals surface area (Å²) in [6, 6.07) is 0. The zero-order chi connectivity index (χ0) is 23.8. The van der Waals surface area contributed by atoms with Crippen molar-refractivity contribution in [3.8, 4) is 0 Å². The van der Waals surface area contributed by atoms with Gasteiger partial charge < -0.3 is 14.7 Å². The molecule has 0 bridgehead atoms. The minimum Gasteiger partial charge on any atom is -0.481 e. The maximum absolute atomic E-state index is 10.7. The molecule has 4 nitrogen and oxygen atoms in total. The van der Waals surface area contributed by atoms with Gasteiger partial charge in [0.2, 0.25) is 0 Å². The Labute approximate surface area is 200 Å². The van der Waals surface area contributed by atoms with E-state index in [-0.39, 0.29) is 13.0 Å². The van der Waals surface area contributed by atoms with Gasteiger partial charge in [0, 0.05) is 13.0 Å². The maximum atomic E-state index is 10.7. The van der Waals surface area contributed by atoms with Crippen LogP contribution in [0.1, 0.15) is 142 Å². The number of carbonyl (C=O) groups is 1. The highest BCUT2D eigenvalue weighted by atomic mass is 16.4. The molecule has 4 heteroatoms. The summed E-state index contributed by atoms with van der Waals surface area (Å²) in [5.41, 5.74) is 0. The predicted octanol–water partition coefficient (Wildman–Crippen LogP) is 7.72. The standard InChI is InChI=1S/C28H57NO3/c1-3-4-5-6-7-8-9-10-11-12-13-14-15-16-17-19-24-29(2,26-21-22-27-30)25-20-18-23-28(31)32/h30H,3-27H2,1-2H3/p+1. The van der Waals surface area contributed by atoms with Crippen LogP contribution in [0.25, 0.3) is 0 Å². The Balaban J connectivity index is 3.63. The Kier molecular flexibility index (Phi) is 23.1. The van der Waals surface area contributed by atoms with Crippen molar-refractivity contribution < 1.29 is 19.5 Å². The molecule has 0 saturated carbocycles. The van der Waals surface area contributed by atoms with E-state index in [0.29, 0.717) is 0 Å². The SMILES string of the molecule is CCCCCCCCCCCCCCCCCC[N+](C)(CCCCO)CCCCC(=O)O. The van der Waals surface area contributed by atoms with E-state index in [1.807, 2.05) is 0 Å². The lowest BCUT2D eigenvalue weighted by atomic mass is 10.0. The first-order valence-corrected chi connectivity index (χ1v) is 14.2. The molecular formula is C28H58NO3+. The van der Waals surface area contributed by atoms with Gasteiger partial charge in [-0.3, -0.25) is 4.79 Å². The van der Waals surface area contributed by atoms with E-state index >= 15 is 0 Å². The number of quaternary nitrogens is 1. The third kappa shape index (κ3) is 22.6. The molecule has 0 spiro atoms. The van der Waals surface area contributed by atoms with E-state index in [4.69, 9.17) is 10.2 Å². The molecule has 1 unspecified atom stereocenters. The number of rotatable bonds is 26. The van der Waals surface area contributed by atoms with Gasteiger partial charge in [0.25, 0.3) is 0 Å². The van der Waals surface area contributed by atoms with E-state index in [0.717, 1.165) is 43.3 Å². The Morgan fingerprint density at radius 2 is 0.906 bits per heavy atom. The van der Waals surface area contributed by atoms with Crippen molar-refractivity contribution in [3.63, 3.8) is 0 Å². The molecule has 1 atom stereocenters. The van der Waals surface area contributed by atoms with Gasteiger partial charge in [-0.2, -0.15) is 0 Å². The van der Waals surface area contributed by atoms with Crippen molar-refractivity contribution in [1.82, 2.24) is 0 Å². The van der Waals surface area contributed by atoms with Gasteiger partial charge in [0.1, 0.15) is 0 Å². The Bertz CT molecular complexity index is 402. The molecule has 0 aromatic rings. The van der Waals surface area contributed by atoms with Crippen molar-refractivity contribution in [2.24, 2.45) is 0 Å². The normalized spacial score (nSPS) is 13.3. The summed E-state index contributed by atoms with van der Waals surface area (Å²) in [6.07, 6.45) is 26.4. The summed E-state index contributed by atoms with van der Waals surface area (Å²) < 4.78 is 1.04. The van der Waals surface area contributed by atoms with Gasteiger partial charge in [-0.25, -0.2) is 0 Å². The largest absolute Gasteiger partial charge is 0.481 e. The van der Waals surface area contributed by atoms with Gasteiger partial charge >= 0.3 is 5.97 Å². The molecule has 0 aliphatic carbocycles. The summed E-state index contributed by atoms with van der Waals surface area (Å²) in [6.45, 7) is 5.92. The smallest absolute Gasteiger partial charge is 0.303 e. The summed E-state index contributed by atoms with van der Waals surface area (Å²) in [7, 11) is 2.32. The highest BCUT2D eigenvalue weighted by Gasteiger charge is 2.20. The molecule has 0 aliphatic rings. The number of aliphatic hydroxyl groups excluding tert-OH is 1. The van der Waals surface area contributed by atoms with Gasteiger partial charge in [0.15, 0.2) is 0 Å². The van der Waals surface area contributed by atoms with Crippen LogP contribution >= 0.6 is 0 Å². The molecule has 0 rings (SSSR count). The zero-order valence-corrected chi connectivity index (χ0v) is 21.9. The molecule has 32 heavy (non-hydrogen) atoms. The quantitative estimate of drug-likeness (QED) is 0.103. The summed E-state index contributed by atoms with van der Waals surface area (Å²) in [5.74, 6) is -0.683. The van der Waals surface area contributed by atoms with E-state index in [2.05, 4.69) is 14.0 Å². The van der Waals surface area contributed by atoms with E-state index < -0.39 is 5.97 Å². The monoisotopic (exact) mass is 456 g/mol. The number of aliphatic hydroxyl groups is 1. The van der Waals surface area contributed by atoms with Crippen LogP contribution < -0.4 is 0 Å². The molecular weight excluding hydrogens is 398 g/mol. The number of aliphatic carboxylic acids is 1. The molecule has 192 valence electrons. The molecule has 0 radical (unpaired) electrons. The highest BCUT2D eigenvalue weighted by Crippen LogP contribution is 2.16. The van der Waals surface area contributed by atoms with Gasteiger partial charge in [-0.1, -0.05) is 96.8 Å². The van der Waals surface area contributed by atoms with Crippen molar-refractivity contribution in [3.05, 3.63) is 0 Å². The van der Waals surface area contributed by atoms with E-state index in [1.165, 1.54) is 109 Å². The Hall–Kier alpha value is -0.610. The lowest BCUT2D eigenvalue weighted by Gasteiger charge is -2.35. The van der Waals surface area contributed by atoms with Crippen LogP contribution in [-0.2, 0) is 4.79 Å².